The van der Waals surface area contributed by atoms with Gasteiger partial charge in [-0.2, -0.15) is 0 Å². The van der Waals surface area contributed by atoms with Gasteiger partial charge in [-0.15, -0.1) is 0 Å². The number of methoxy groups -OCH3 is 2. The third-order valence-electron chi connectivity index (χ3n) is 3.51. The third kappa shape index (κ3) is 1.91. The fraction of sp³-hybridized carbons (Fsp3) is 0.125. The van der Waals surface area contributed by atoms with E-state index in [1.54, 1.807) is 31.4 Å². The van der Waals surface area contributed by atoms with Crippen LogP contribution >= 0.6 is 11.6 Å². The summed E-state index contributed by atoms with van der Waals surface area (Å²) in [5, 5.41) is 1.15. The number of halogens is 1. The largest absolute Gasteiger partial charge is 0.496 e. The van der Waals surface area contributed by atoms with Crippen LogP contribution in [0.1, 0.15) is 20.7 Å². The maximum absolute atomic E-state index is 12.4. The summed E-state index contributed by atoms with van der Waals surface area (Å²) in [6.07, 6.45) is 1.14. The first-order valence-electron chi connectivity index (χ1n) is 6.22. The molecular weight excluding hydrogens is 292 g/mol. The Hall–Kier alpha value is -2.33. The Bertz CT molecular complexity index is 821. The van der Waals surface area contributed by atoms with Crippen LogP contribution in [0.15, 0.2) is 35.4 Å². The molecule has 0 aliphatic heterocycles. The lowest BCUT2D eigenvalue weighted by Gasteiger charge is -2.17. The van der Waals surface area contributed by atoms with Crippen LogP contribution in [0.3, 0.4) is 0 Å². The van der Waals surface area contributed by atoms with Crippen LogP contribution in [-0.2, 0) is 0 Å². The Morgan fingerprint density at radius 1 is 0.952 bits per heavy atom. The Kier molecular flexibility index (Phi) is 3.18. The van der Waals surface area contributed by atoms with Gasteiger partial charge in [-0.1, -0.05) is 11.6 Å². The zero-order valence-corrected chi connectivity index (χ0v) is 12.2. The first-order valence-corrected chi connectivity index (χ1v) is 6.60. The van der Waals surface area contributed by atoms with E-state index in [9.17, 15) is 9.59 Å². The van der Waals surface area contributed by atoms with Gasteiger partial charge in [-0.25, -0.2) is 0 Å². The van der Waals surface area contributed by atoms with Gasteiger partial charge in [0.1, 0.15) is 11.5 Å². The number of ether oxygens (including phenoxy) is 2. The molecular formula is C16H11ClO4. The lowest BCUT2D eigenvalue weighted by molar-refractivity contribution is 0.0991. The molecule has 2 aromatic rings. The van der Waals surface area contributed by atoms with Crippen molar-refractivity contribution in [2.75, 3.05) is 14.2 Å². The molecule has 0 aromatic heterocycles. The van der Waals surface area contributed by atoms with Gasteiger partial charge < -0.3 is 9.47 Å². The number of allylic oxidation sites excluding steroid dienone is 2. The van der Waals surface area contributed by atoms with E-state index in [0.717, 1.165) is 6.08 Å². The topological polar surface area (TPSA) is 52.6 Å². The van der Waals surface area contributed by atoms with Crippen LogP contribution in [0.2, 0.25) is 0 Å². The number of rotatable bonds is 2. The van der Waals surface area contributed by atoms with Gasteiger partial charge in [0.2, 0.25) is 5.78 Å². The SMILES string of the molecule is COc1ccc(OC)c2c3c(ccc12)C(=O)C=C(Cl)C3=O. The van der Waals surface area contributed by atoms with Crippen molar-refractivity contribution in [3.05, 3.63) is 46.5 Å². The zero-order valence-electron chi connectivity index (χ0n) is 11.4. The van der Waals surface area contributed by atoms with Crippen LogP contribution in [-0.4, -0.2) is 25.8 Å². The van der Waals surface area contributed by atoms with Crippen LogP contribution in [0, 0.1) is 0 Å². The summed E-state index contributed by atoms with van der Waals surface area (Å²) in [6, 6.07) is 6.80. The predicted molar refractivity (Wildman–Crippen MR) is 79.6 cm³/mol. The second kappa shape index (κ2) is 4.90. The summed E-state index contributed by atoms with van der Waals surface area (Å²) in [7, 11) is 3.05. The molecule has 0 amide bonds. The number of fused-ring (bicyclic) bond motifs is 3. The number of ketones is 2. The van der Waals surface area contributed by atoms with Crippen molar-refractivity contribution >= 4 is 33.9 Å². The summed E-state index contributed by atoms with van der Waals surface area (Å²) >= 11 is 5.88. The predicted octanol–water partition coefficient (Wildman–Crippen LogP) is 3.36. The summed E-state index contributed by atoms with van der Waals surface area (Å²) in [5.41, 5.74) is 0.587. The molecule has 0 spiro atoms. The van der Waals surface area contributed by atoms with E-state index in [4.69, 9.17) is 21.1 Å². The van der Waals surface area contributed by atoms with Gasteiger partial charge in [0.05, 0.1) is 19.3 Å². The van der Waals surface area contributed by atoms with Crippen molar-refractivity contribution < 1.29 is 19.1 Å². The highest BCUT2D eigenvalue weighted by Crippen LogP contribution is 2.39. The minimum Gasteiger partial charge on any atom is -0.496 e. The molecule has 0 unspecified atom stereocenters. The molecule has 0 bridgehead atoms. The molecule has 0 heterocycles. The number of hydrogen-bond acceptors (Lipinski definition) is 4. The van der Waals surface area contributed by atoms with Crippen LogP contribution in [0.5, 0.6) is 11.5 Å². The van der Waals surface area contributed by atoms with Gasteiger partial charge in [0.25, 0.3) is 0 Å². The summed E-state index contributed by atoms with van der Waals surface area (Å²) in [6.45, 7) is 0. The Labute approximate surface area is 125 Å². The molecule has 106 valence electrons. The van der Waals surface area contributed by atoms with Gasteiger partial charge in [-0.3, -0.25) is 9.59 Å². The molecule has 0 fully saturated rings. The smallest absolute Gasteiger partial charge is 0.206 e. The van der Waals surface area contributed by atoms with Gasteiger partial charge >= 0.3 is 0 Å². The van der Waals surface area contributed by atoms with Crippen molar-refractivity contribution in [1.82, 2.24) is 0 Å². The molecule has 0 saturated carbocycles. The number of carbonyl (C=O) groups excluding carboxylic acids is 2. The van der Waals surface area contributed by atoms with Crippen LogP contribution < -0.4 is 9.47 Å². The normalized spacial score (nSPS) is 14.0. The molecule has 4 nitrogen and oxygen atoms in total. The molecule has 2 aromatic carbocycles. The molecule has 0 N–H and O–H groups in total. The van der Waals surface area contributed by atoms with Gasteiger partial charge in [0.15, 0.2) is 5.78 Å². The van der Waals surface area contributed by atoms with E-state index in [-0.39, 0.29) is 22.2 Å². The van der Waals surface area contributed by atoms with Crippen molar-refractivity contribution in [3.8, 4) is 11.5 Å². The fourth-order valence-corrected chi connectivity index (χ4v) is 2.75. The van der Waals surface area contributed by atoms with Gasteiger partial charge in [-0.05, 0) is 24.3 Å². The summed E-state index contributed by atoms with van der Waals surface area (Å²) in [5.74, 6) is 0.416. The number of Topliss-reactive ketones (excluding diaryl/α,β-unsaturated/α-hetero) is 1. The third-order valence-corrected chi connectivity index (χ3v) is 3.79. The van der Waals surface area contributed by atoms with Crippen molar-refractivity contribution in [1.29, 1.82) is 0 Å². The van der Waals surface area contributed by atoms with E-state index in [1.165, 1.54) is 7.11 Å². The van der Waals surface area contributed by atoms with E-state index in [1.807, 2.05) is 0 Å². The molecule has 1 aliphatic rings. The van der Waals surface area contributed by atoms with Crippen molar-refractivity contribution in [2.45, 2.75) is 0 Å². The second-order valence-electron chi connectivity index (χ2n) is 4.57. The highest BCUT2D eigenvalue weighted by Gasteiger charge is 2.28. The highest BCUT2D eigenvalue weighted by molar-refractivity contribution is 6.50. The minimum absolute atomic E-state index is 0.0927. The Morgan fingerprint density at radius 2 is 1.62 bits per heavy atom. The fourth-order valence-electron chi connectivity index (χ4n) is 2.56. The van der Waals surface area contributed by atoms with Crippen molar-refractivity contribution in [2.24, 2.45) is 0 Å². The van der Waals surface area contributed by atoms with E-state index in [0.29, 0.717) is 27.8 Å². The molecule has 3 rings (SSSR count). The van der Waals surface area contributed by atoms with Crippen molar-refractivity contribution in [3.63, 3.8) is 0 Å². The number of hydrogen-bond donors (Lipinski definition) is 0. The van der Waals surface area contributed by atoms with Crippen LogP contribution in [0.4, 0.5) is 0 Å². The zero-order chi connectivity index (χ0) is 15.1. The van der Waals surface area contributed by atoms with Crippen LogP contribution in [0.25, 0.3) is 10.8 Å². The summed E-state index contributed by atoms with van der Waals surface area (Å²) < 4.78 is 10.6. The average Bonchev–Trinajstić information content (AvgIpc) is 2.50. The quantitative estimate of drug-likeness (QED) is 0.853. The Balaban J connectivity index is 2.49. The molecule has 0 radical (unpaired) electrons. The lowest BCUT2D eigenvalue weighted by Crippen LogP contribution is -2.15. The minimum atomic E-state index is -0.386. The molecule has 0 atom stereocenters. The van der Waals surface area contributed by atoms with E-state index < -0.39 is 0 Å². The van der Waals surface area contributed by atoms with E-state index in [2.05, 4.69) is 0 Å². The lowest BCUT2D eigenvalue weighted by atomic mass is 9.89. The first-order chi connectivity index (χ1) is 10.1. The summed E-state index contributed by atoms with van der Waals surface area (Å²) in [4.78, 5) is 24.4. The molecule has 0 saturated heterocycles. The van der Waals surface area contributed by atoms with Gasteiger partial charge in [0, 0.05) is 28.0 Å². The average molecular weight is 303 g/mol. The molecule has 5 heteroatoms. The van der Waals surface area contributed by atoms with E-state index >= 15 is 0 Å². The number of benzene rings is 2. The molecule has 1 aliphatic carbocycles. The maximum atomic E-state index is 12.4. The Morgan fingerprint density at radius 3 is 2.29 bits per heavy atom. The maximum Gasteiger partial charge on any atom is 0.206 e. The number of carbonyl (C=O) groups is 2. The highest BCUT2D eigenvalue weighted by atomic mass is 35.5. The standard InChI is InChI=1S/C16H11ClO4/c1-20-12-5-6-13(21-2)14-9(12)4-3-8-11(18)7-10(17)16(19)15(8)14/h3-7H,1-2H3. The molecule has 21 heavy (non-hydrogen) atoms. The first kappa shape index (κ1) is 13.6. The monoisotopic (exact) mass is 302 g/mol. The second-order valence-corrected chi connectivity index (χ2v) is 4.97.